The van der Waals surface area contributed by atoms with Crippen molar-refractivity contribution in [2.45, 2.75) is 36.2 Å². The van der Waals surface area contributed by atoms with Crippen molar-refractivity contribution in [3.8, 4) is 0 Å². The summed E-state index contributed by atoms with van der Waals surface area (Å²) in [4.78, 5) is 0.453. The Kier molecular flexibility index (Phi) is 1.85. The van der Waals surface area contributed by atoms with Gasteiger partial charge in [-0.1, -0.05) is 18.2 Å². The lowest BCUT2D eigenvalue weighted by Gasteiger charge is -2.12. The van der Waals surface area contributed by atoms with Crippen LogP contribution >= 0.6 is 0 Å². The molecule has 1 aromatic carbocycles. The number of piperidine rings is 1. The summed E-state index contributed by atoms with van der Waals surface area (Å²) in [5.41, 5.74) is 0. The maximum Gasteiger partial charge on any atom is 0.243 e. The van der Waals surface area contributed by atoms with Crippen molar-refractivity contribution in [2.24, 2.45) is 11.8 Å². The summed E-state index contributed by atoms with van der Waals surface area (Å²) in [6.45, 7) is 0. The molecule has 0 amide bonds. The first kappa shape index (κ1) is 10.1. The fourth-order valence-corrected chi connectivity index (χ4v) is 5.85. The van der Waals surface area contributed by atoms with Crippen molar-refractivity contribution in [3.05, 3.63) is 30.3 Å². The van der Waals surface area contributed by atoms with Crippen LogP contribution in [0.3, 0.4) is 0 Å². The number of hydrogen-bond acceptors (Lipinski definition) is 2. The SMILES string of the molecule is O=S(=O)(c1ccccc1)N1[C@H]2[C@H]3CC[C@@H](C3)[C@@H]21. The molecule has 2 aliphatic carbocycles. The summed E-state index contributed by atoms with van der Waals surface area (Å²) >= 11 is 0. The molecule has 1 saturated heterocycles. The molecule has 1 aromatic rings. The van der Waals surface area contributed by atoms with Crippen LogP contribution in [-0.2, 0) is 10.0 Å². The lowest BCUT2D eigenvalue weighted by molar-refractivity contribution is 0.447. The zero-order chi connectivity index (χ0) is 11.6. The standard InChI is InChI=1S/C13H15NO2S/c15-17(16,11-4-2-1-3-5-11)14-12-9-6-7-10(8-9)13(12)14/h1-5,9-10,12-13H,6-8H2/t9-,10-,12-,13-/m0/s1. The van der Waals surface area contributed by atoms with Crippen LogP contribution in [0, 0.1) is 11.8 Å². The van der Waals surface area contributed by atoms with Crippen molar-refractivity contribution in [2.75, 3.05) is 0 Å². The maximum atomic E-state index is 12.5. The average Bonchev–Trinajstić information content (AvgIpc) is 2.83. The van der Waals surface area contributed by atoms with Gasteiger partial charge in [-0.25, -0.2) is 8.42 Å². The number of fused-ring (bicyclic) bond motifs is 5. The van der Waals surface area contributed by atoms with Gasteiger partial charge in [-0.05, 0) is 43.2 Å². The van der Waals surface area contributed by atoms with Gasteiger partial charge in [-0.15, -0.1) is 0 Å². The lowest BCUT2D eigenvalue weighted by atomic mass is 10.0. The van der Waals surface area contributed by atoms with Crippen molar-refractivity contribution in [1.82, 2.24) is 4.31 Å². The van der Waals surface area contributed by atoms with Crippen LogP contribution in [0.2, 0.25) is 0 Å². The minimum atomic E-state index is -3.22. The molecule has 4 rings (SSSR count). The zero-order valence-corrected chi connectivity index (χ0v) is 10.3. The van der Waals surface area contributed by atoms with Gasteiger partial charge < -0.3 is 0 Å². The second kappa shape index (κ2) is 3.12. The van der Waals surface area contributed by atoms with E-state index in [1.54, 1.807) is 28.6 Å². The lowest BCUT2D eigenvalue weighted by Crippen LogP contribution is -2.21. The van der Waals surface area contributed by atoms with E-state index in [2.05, 4.69) is 0 Å². The molecule has 3 aliphatic rings. The molecular formula is C13H15NO2S. The Balaban J connectivity index is 1.70. The third-order valence-electron chi connectivity index (χ3n) is 4.65. The van der Waals surface area contributed by atoms with E-state index in [0.29, 0.717) is 28.8 Å². The summed E-state index contributed by atoms with van der Waals surface area (Å²) < 4.78 is 26.7. The third-order valence-corrected chi connectivity index (χ3v) is 6.56. The zero-order valence-electron chi connectivity index (χ0n) is 9.49. The quantitative estimate of drug-likeness (QED) is 0.750. The monoisotopic (exact) mass is 249 g/mol. The molecule has 4 atom stereocenters. The van der Waals surface area contributed by atoms with E-state index in [-0.39, 0.29) is 0 Å². The normalized spacial score (nSPS) is 42.5. The molecule has 90 valence electrons. The molecule has 1 heterocycles. The predicted octanol–water partition coefficient (Wildman–Crippen LogP) is 1.86. The molecule has 0 radical (unpaired) electrons. The van der Waals surface area contributed by atoms with E-state index in [4.69, 9.17) is 0 Å². The summed E-state index contributed by atoms with van der Waals surface area (Å²) in [5.74, 6) is 1.28. The minimum Gasteiger partial charge on any atom is -0.207 e. The molecule has 0 N–H and O–H groups in total. The highest BCUT2D eigenvalue weighted by atomic mass is 32.2. The maximum absolute atomic E-state index is 12.5. The third kappa shape index (κ3) is 1.23. The fourth-order valence-electron chi connectivity index (χ4n) is 3.93. The van der Waals surface area contributed by atoms with E-state index >= 15 is 0 Å². The van der Waals surface area contributed by atoms with Crippen LogP contribution in [0.4, 0.5) is 0 Å². The molecular weight excluding hydrogens is 234 g/mol. The second-order valence-corrected chi connectivity index (χ2v) is 7.31. The molecule has 0 aromatic heterocycles. The van der Waals surface area contributed by atoms with Gasteiger partial charge in [0.2, 0.25) is 10.0 Å². The van der Waals surface area contributed by atoms with Gasteiger partial charge in [0.15, 0.2) is 0 Å². The molecule has 0 unspecified atom stereocenters. The first-order valence-electron chi connectivity index (χ1n) is 6.28. The Bertz CT molecular complexity index is 538. The summed E-state index contributed by atoms with van der Waals surface area (Å²) in [5, 5.41) is 0. The molecule has 0 spiro atoms. The van der Waals surface area contributed by atoms with Crippen LogP contribution in [0.1, 0.15) is 19.3 Å². The Morgan fingerprint density at radius 1 is 1.00 bits per heavy atom. The van der Waals surface area contributed by atoms with Crippen LogP contribution in [-0.4, -0.2) is 24.8 Å². The van der Waals surface area contributed by atoms with Gasteiger partial charge >= 0.3 is 0 Å². The van der Waals surface area contributed by atoms with Gasteiger partial charge in [-0.2, -0.15) is 4.31 Å². The number of benzene rings is 1. The van der Waals surface area contributed by atoms with E-state index in [0.717, 1.165) is 0 Å². The van der Waals surface area contributed by atoms with Gasteiger partial charge in [0, 0.05) is 12.1 Å². The smallest absolute Gasteiger partial charge is 0.207 e. The molecule has 17 heavy (non-hydrogen) atoms. The highest BCUT2D eigenvalue weighted by Crippen LogP contribution is 2.60. The molecule has 2 saturated carbocycles. The van der Waals surface area contributed by atoms with Crippen molar-refractivity contribution in [3.63, 3.8) is 0 Å². The molecule has 3 nitrogen and oxygen atoms in total. The molecule has 4 heteroatoms. The summed E-state index contributed by atoms with van der Waals surface area (Å²) in [6, 6.07) is 9.50. The molecule has 2 bridgehead atoms. The van der Waals surface area contributed by atoms with Crippen molar-refractivity contribution >= 4 is 10.0 Å². The number of rotatable bonds is 2. The molecule has 1 aliphatic heterocycles. The summed E-state index contributed by atoms with van der Waals surface area (Å²) in [6.07, 6.45) is 3.72. The van der Waals surface area contributed by atoms with E-state index < -0.39 is 10.0 Å². The van der Waals surface area contributed by atoms with Crippen LogP contribution < -0.4 is 0 Å². The fraction of sp³-hybridized carbons (Fsp3) is 0.538. The van der Waals surface area contributed by atoms with Crippen LogP contribution in [0.5, 0.6) is 0 Å². The number of nitrogens with zero attached hydrogens (tertiary/aromatic N) is 1. The number of sulfonamides is 1. The average molecular weight is 249 g/mol. The second-order valence-electron chi connectivity index (χ2n) is 5.46. The Labute approximate surface area is 101 Å². The topological polar surface area (TPSA) is 37.1 Å². The number of hydrogen-bond donors (Lipinski definition) is 0. The molecule has 3 fully saturated rings. The van der Waals surface area contributed by atoms with Gasteiger partial charge in [-0.3, -0.25) is 0 Å². The highest BCUT2D eigenvalue weighted by molar-refractivity contribution is 7.89. The van der Waals surface area contributed by atoms with Gasteiger partial charge in [0.05, 0.1) is 4.90 Å². The minimum absolute atomic E-state index is 0.332. The van der Waals surface area contributed by atoms with Gasteiger partial charge in [0.25, 0.3) is 0 Å². The van der Waals surface area contributed by atoms with Crippen LogP contribution in [0.15, 0.2) is 35.2 Å². The predicted molar refractivity (Wildman–Crippen MR) is 63.9 cm³/mol. The first-order chi connectivity index (χ1) is 8.19. The van der Waals surface area contributed by atoms with Gasteiger partial charge in [0.1, 0.15) is 0 Å². The first-order valence-corrected chi connectivity index (χ1v) is 7.72. The van der Waals surface area contributed by atoms with E-state index in [1.807, 2.05) is 6.07 Å². The summed E-state index contributed by atoms with van der Waals surface area (Å²) in [7, 11) is -3.22. The Hall–Kier alpha value is -0.870. The highest BCUT2D eigenvalue weighted by Gasteiger charge is 2.68. The van der Waals surface area contributed by atoms with Crippen molar-refractivity contribution in [1.29, 1.82) is 0 Å². The van der Waals surface area contributed by atoms with E-state index in [9.17, 15) is 8.42 Å². The Morgan fingerprint density at radius 3 is 2.18 bits per heavy atom. The van der Waals surface area contributed by atoms with E-state index in [1.165, 1.54) is 19.3 Å². The largest absolute Gasteiger partial charge is 0.243 e. The van der Waals surface area contributed by atoms with Crippen LogP contribution in [0.25, 0.3) is 0 Å². The Morgan fingerprint density at radius 2 is 1.59 bits per heavy atom. The van der Waals surface area contributed by atoms with Crippen molar-refractivity contribution < 1.29 is 8.42 Å².